The van der Waals surface area contributed by atoms with Gasteiger partial charge >= 0.3 is 6.09 Å². The van der Waals surface area contributed by atoms with Crippen LogP contribution in [-0.2, 0) is 14.3 Å². The van der Waals surface area contributed by atoms with E-state index in [0.29, 0.717) is 16.7 Å². The van der Waals surface area contributed by atoms with Gasteiger partial charge in [0.2, 0.25) is 5.91 Å². The Morgan fingerprint density at radius 2 is 1.88 bits per heavy atom. The molecule has 2 heterocycles. The second-order valence-corrected chi connectivity index (χ2v) is 8.90. The van der Waals surface area contributed by atoms with Crippen LogP contribution < -0.4 is 10.6 Å². The number of rotatable bonds is 6. The molecule has 4 rings (SSSR count). The molecule has 0 aliphatic carbocycles. The summed E-state index contributed by atoms with van der Waals surface area (Å²) in [5.41, 5.74) is 1.81. The Morgan fingerprint density at radius 3 is 2.50 bits per heavy atom. The van der Waals surface area contributed by atoms with Crippen LogP contribution in [0, 0.1) is 5.82 Å². The fourth-order valence-corrected chi connectivity index (χ4v) is 4.42. The summed E-state index contributed by atoms with van der Waals surface area (Å²) in [5, 5.41) is 5.27. The molecule has 0 aromatic heterocycles. The normalized spacial score (nSPS) is 22.9. The smallest absolute Gasteiger partial charge is 0.408 e. The summed E-state index contributed by atoms with van der Waals surface area (Å²) < 4.78 is 34.0. The number of ether oxygens (including phenoxy) is 1. The number of alkyl carbamates (subject to hydrolysis) is 1. The van der Waals surface area contributed by atoms with E-state index < -0.39 is 42.3 Å². The number of hydrogen-bond acceptors (Lipinski definition) is 4. The average molecular weight is 472 g/mol. The minimum Gasteiger partial charge on any atom is -0.434 e. The van der Waals surface area contributed by atoms with Gasteiger partial charge < -0.3 is 20.3 Å². The van der Waals surface area contributed by atoms with Crippen molar-refractivity contribution in [2.75, 3.05) is 13.1 Å². The fourth-order valence-electron chi connectivity index (χ4n) is 4.42. The molecule has 9 heteroatoms. The maximum absolute atomic E-state index is 14.8. The van der Waals surface area contributed by atoms with Crippen LogP contribution >= 0.6 is 0 Å². The van der Waals surface area contributed by atoms with Crippen molar-refractivity contribution in [1.82, 2.24) is 15.5 Å². The predicted molar refractivity (Wildman–Crippen MR) is 120 cm³/mol. The number of nitrogens with one attached hydrogen (secondary N) is 2. The lowest BCUT2D eigenvalue weighted by Crippen LogP contribution is -2.50. The Labute approximate surface area is 196 Å². The van der Waals surface area contributed by atoms with E-state index in [1.807, 2.05) is 19.9 Å². The topological polar surface area (TPSA) is 87.7 Å². The molecule has 2 N–H and O–H groups in total. The average Bonchev–Trinajstić information content (AvgIpc) is 3.42. The molecule has 7 nitrogen and oxygen atoms in total. The summed E-state index contributed by atoms with van der Waals surface area (Å²) in [6.45, 7) is 3.49. The highest BCUT2D eigenvalue weighted by molar-refractivity contribution is 5.92. The molecular weight excluding hydrogens is 444 g/mol. The minimum absolute atomic E-state index is 0.00228. The number of hydrogen-bond donors (Lipinski definition) is 2. The van der Waals surface area contributed by atoms with Crippen LogP contribution in [0.15, 0.2) is 48.5 Å². The van der Waals surface area contributed by atoms with Crippen LogP contribution in [0.2, 0.25) is 0 Å². The highest BCUT2D eigenvalue weighted by atomic mass is 19.1. The van der Waals surface area contributed by atoms with Gasteiger partial charge in [0.25, 0.3) is 5.91 Å². The molecule has 0 spiro atoms. The van der Waals surface area contributed by atoms with E-state index in [9.17, 15) is 23.2 Å². The van der Waals surface area contributed by atoms with Crippen LogP contribution in [0.5, 0.6) is 0 Å². The van der Waals surface area contributed by atoms with Gasteiger partial charge in [0.05, 0.1) is 19.1 Å². The van der Waals surface area contributed by atoms with E-state index in [0.717, 1.165) is 4.90 Å². The van der Waals surface area contributed by atoms with Crippen molar-refractivity contribution >= 4 is 17.9 Å². The predicted octanol–water partition coefficient (Wildman–Crippen LogP) is 3.20. The Hall–Kier alpha value is -3.49. The van der Waals surface area contributed by atoms with Gasteiger partial charge in [-0.05, 0) is 28.7 Å². The Bertz CT molecular complexity index is 1080. The number of likely N-dealkylation sites (tertiary alicyclic amines) is 1. The molecule has 2 saturated heterocycles. The SMILES string of the molecule is CC(C)c1ccc([C@@H](NC(=O)[C@@H]2C[C@@H](F)CN2C(=O)[C@H]2CNC(=O)O2)c2ccccc2)cc1F. The molecule has 4 atom stereocenters. The van der Waals surface area contributed by atoms with Crippen molar-refractivity contribution in [2.24, 2.45) is 0 Å². The summed E-state index contributed by atoms with van der Waals surface area (Å²) >= 11 is 0. The molecule has 2 aromatic carbocycles. The van der Waals surface area contributed by atoms with Gasteiger partial charge in [-0.2, -0.15) is 0 Å². The Kier molecular flexibility index (Phi) is 6.81. The number of carbonyl (C=O) groups is 3. The highest BCUT2D eigenvalue weighted by Gasteiger charge is 2.44. The first-order valence-electron chi connectivity index (χ1n) is 11.3. The zero-order valence-corrected chi connectivity index (χ0v) is 19.0. The second kappa shape index (κ2) is 9.79. The zero-order valence-electron chi connectivity index (χ0n) is 19.0. The molecule has 0 unspecified atom stereocenters. The molecule has 180 valence electrons. The number of cyclic esters (lactones) is 1. The largest absolute Gasteiger partial charge is 0.434 e. The van der Waals surface area contributed by atoms with Crippen molar-refractivity contribution in [3.63, 3.8) is 0 Å². The van der Waals surface area contributed by atoms with E-state index >= 15 is 0 Å². The molecule has 2 fully saturated rings. The second-order valence-electron chi connectivity index (χ2n) is 8.90. The lowest BCUT2D eigenvalue weighted by molar-refractivity contribution is -0.144. The van der Waals surface area contributed by atoms with Crippen molar-refractivity contribution in [3.05, 3.63) is 71.0 Å². The number of halogens is 2. The number of nitrogens with zero attached hydrogens (tertiary/aromatic N) is 1. The van der Waals surface area contributed by atoms with Crippen LogP contribution in [0.25, 0.3) is 0 Å². The van der Waals surface area contributed by atoms with E-state index in [4.69, 9.17) is 4.74 Å². The van der Waals surface area contributed by atoms with Crippen LogP contribution in [-0.4, -0.2) is 54.2 Å². The summed E-state index contributed by atoms with van der Waals surface area (Å²) in [6, 6.07) is 12.1. The summed E-state index contributed by atoms with van der Waals surface area (Å²) in [6.07, 6.45) is -3.39. The molecule has 3 amide bonds. The van der Waals surface area contributed by atoms with Gasteiger partial charge in [0.1, 0.15) is 18.0 Å². The van der Waals surface area contributed by atoms with Gasteiger partial charge in [0.15, 0.2) is 6.10 Å². The van der Waals surface area contributed by atoms with Gasteiger partial charge in [-0.15, -0.1) is 0 Å². The van der Waals surface area contributed by atoms with Gasteiger partial charge in [-0.25, -0.2) is 13.6 Å². The first-order valence-corrected chi connectivity index (χ1v) is 11.3. The molecule has 0 radical (unpaired) electrons. The van der Waals surface area contributed by atoms with Gasteiger partial charge in [-0.1, -0.05) is 56.3 Å². The molecule has 34 heavy (non-hydrogen) atoms. The van der Waals surface area contributed by atoms with E-state index in [1.165, 1.54) is 6.07 Å². The number of carbonyl (C=O) groups excluding carboxylic acids is 3. The summed E-state index contributed by atoms with van der Waals surface area (Å²) in [7, 11) is 0. The third kappa shape index (κ3) is 4.88. The summed E-state index contributed by atoms with van der Waals surface area (Å²) in [4.78, 5) is 38.6. The van der Waals surface area contributed by atoms with Crippen LogP contribution in [0.4, 0.5) is 13.6 Å². The number of alkyl halides is 1. The van der Waals surface area contributed by atoms with Crippen LogP contribution in [0.1, 0.15) is 48.9 Å². The van der Waals surface area contributed by atoms with Gasteiger partial charge in [-0.3, -0.25) is 9.59 Å². The molecular formula is C25H27F2N3O4. The third-order valence-corrected chi connectivity index (χ3v) is 6.19. The molecule has 0 bridgehead atoms. The summed E-state index contributed by atoms with van der Waals surface area (Å²) in [5.74, 6) is -1.56. The van der Waals surface area contributed by atoms with Crippen molar-refractivity contribution in [3.8, 4) is 0 Å². The van der Waals surface area contributed by atoms with Crippen molar-refractivity contribution < 1.29 is 27.9 Å². The first-order chi connectivity index (χ1) is 16.2. The van der Waals surface area contributed by atoms with E-state index in [1.54, 1.807) is 36.4 Å². The number of benzene rings is 2. The van der Waals surface area contributed by atoms with Gasteiger partial charge in [0, 0.05) is 6.42 Å². The zero-order chi connectivity index (χ0) is 24.4. The van der Waals surface area contributed by atoms with E-state index in [2.05, 4.69) is 10.6 Å². The Morgan fingerprint density at radius 1 is 1.15 bits per heavy atom. The van der Waals surface area contributed by atoms with Crippen molar-refractivity contribution in [1.29, 1.82) is 0 Å². The fraction of sp³-hybridized carbons (Fsp3) is 0.400. The van der Waals surface area contributed by atoms with E-state index in [-0.39, 0.29) is 31.2 Å². The third-order valence-electron chi connectivity index (χ3n) is 6.19. The number of amides is 3. The first kappa shape index (κ1) is 23.7. The standard InChI is InChI=1S/C25H27F2N3O4/c1-14(2)18-9-8-16(10-19(18)27)22(15-6-4-3-5-7-15)29-23(31)20-11-17(26)13-30(20)24(32)21-12-28-25(33)34-21/h3-10,14,17,20-22H,11-13H2,1-2H3,(H,28,33)(H,29,31)/t17-,20+,21-,22+/m1/s1. The minimum atomic E-state index is -1.39. The molecule has 0 saturated carbocycles. The molecule has 2 aliphatic rings. The van der Waals surface area contributed by atoms with Crippen LogP contribution in [0.3, 0.4) is 0 Å². The van der Waals surface area contributed by atoms with Crippen molar-refractivity contribution in [2.45, 2.75) is 50.5 Å². The lowest BCUT2D eigenvalue weighted by Gasteiger charge is -2.28. The Balaban J connectivity index is 1.59. The maximum atomic E-state index is 14.8. The highest BCUT2D eigenvalue weighted by Crippen LogP contribution is 2.29. The monoisotopic (exact) mass is 471 g/mol. The lowest BCUT2D eigenvalue weighted by atomic mass is 9.94. The molecule has 2 aromatic rings. The maximum Gasteiger partial charge on any atom is 0.408 e. The molecule has 2 aliphatic heterocycles. The quantitative estimate of drug-likeness (QED) is 0.678.